The van der Waals surface area contributed by atoms with Gasteiger partial charge < -0.3 is 0 Å². The summed E-state index contributed by atoms with van der Waals surface area (Å²) in [6.07, 6.45) is 3.68. The maximum atomic E-state index is 12.3. The Bertz CT molecular complexity index is 1040. The van der Waals surface area contributed by atoms with Crippen LogP contribution in [-0.2, 0) is 10.0 Å². The van der Waals surface area contributed by atoms with Gasteiger partial charge in [0.15, 0.2) is 5.82 Å². The van der Waals surface area contributed by atoms with Gasteiger partial charge in [0.25, 0.3) is 10.0 Å². The molecule has 0 atom stereocenters. The van der Waals surface area contributed by atoms with Gasteiger partial charge >= 0.3 is 0 Å². The quantitative estimate of drug-likeness (QED) is 0.723. The van der Waals surface area contributed by atoms with Crippen LogP contribution < -0.4 is 4.72 Å². The number of rotatable bonds is 6. The van der Waals surface area contributed by atoms with Gasteiger partial charge in [-0.05, 0) is 47.0 Å². The predicted molar refractivity (Wildman–Crippen MR) is 99.5 cm³/mol. The Balaban J connectivity index is 1.55. The highest BCUT2D eigenvalue weighted by Crippen LogP contribution is 2.36. The molecule has 26 heavy (non-hydrogen) atoms. The molecule has 0 unspecified atom stereocenters. The minimum absolute atomic E-state index is 0.342. The highest BCUT2D eigenvalue weighted by Gasteiger charge is 2.28. The summed E-state index contributed by atoms with van der Waals surface area (Å²) in [4.78, 5) is 0. The summed E-state index contributed by atoms with van der Waals surface area (Å²) in [6, 6.07) is 16.7. The molecule has 1 aliphatic carbocycles. The van der Waals surface area contributed by atoms with E-state index in [1.165, 1.54) is 0 Å². The number of nitrogens with one attached hydrogen (secondary N) is 1. The van der Waals surface area contributed by atoms with Gasteiger partial charge in [-0.25, -0.2) is 13.1 Å². The smallest absolute Gasteiger partial charge is 0.255 e. The number of tetrazole rings is 1. The summed E-state index contributed by atoms with van der Waals surface area (Å²) in [6.45, 7) is 0. The molecule has 0 bridgehead atoms. The van der Waals surface area contributed by atoms with Crippen LogP contribution in [0.25, 0.3) is 17.5 Å². The number of aromatic nitrogens is 4. The van der Waals surface area contributed by atoms with Gasteiger partial charge in [0.05, 0.1) is 11.4 Å². The number of benzene rings is 2. The van der Waals surface area contributed by atoms with Gasteiger partial charge in [0, 0.05) is 11.3 Å². The van der Waals surface area contributed by atoms with Crippen molar-refractivity contribution >= 4 is 21.8 Å². The molecule has 0 aliphatic heterocycles. The van der Waals surface area contributed by atoms with E-state index in [2.05, 4.69) is 20.2 Å². The number of anilines is 1. The molecule has 0 spiro atoms. The minimum atomic E-state index is -3.62. The van der Waals surface area contributed by atoms with Crippen molar-refractivity contribution in [3.05, 3.63) is 65.6 Å². The van der Waals surface area contributed by atoms with E-state index in [1.807, 2.05) is 36.4 Å². The highest BCUT2D eigenvalue weighted by atomic mass is 32.2. The molecular formula is C18H17N5O2S. The van der Waals surface area contributed by atoms with Crippen LogP contribution >= 0.6 is 0 Å². The third-order valence-corrected chi connectivity index (χ3v) is 5.02. The Morgan fingerprint density at radius 2 is 1.88 bits per heavy atom. The highest BCUT2D eigenvalue weighted by molar-refractivity contribution is 7.95. The molecule has 4 rings (SSSR count). The van der Waals surface area contributed by atoms with Gasteiger partial charge in [0.1, 0.15) is 0 Å². The van der Waals surface area contributed by atoms with Gasteiger partial charge in [-0.15, -0.1) is 5.10 Å². The Hall–Kier alpha value is -3.00. The lowest BCUT2D eigenvalue weighted by Crippen LogP contribution is -2.09. The molecule has 0 radical (unpaired) electrons. The van der Waals surface area contributed by atoms with Crippen LogP contribution in [0.3, 0.4) is 0 Å². The third-order valence-electron chi connectivity index (χ3n) is 4.01. The minimum Gasteiger partial charge on any atom is -0.280 e. The summed E-state index contributed by atoms with van der Waals surface area (Å²) < 4.78 is 29.0. The number of hydrogen-bond acceptors (Lipinski definition) is 5. The summed E-state index contributed by atoms with van der Waals surface area (Å²) in [5, 5.41) is 13.0. The first kappa shape index (κ1) is 16.5. The Kier molecular flexibility index (Phi) is 4.26. The van der Waals surface area contributed by atoms with Crippen LogP contribution in [-0.4, -0.2) is 28.6 Å². The molecule has 132 valence electrons. The fourth-order valence-corrected chi connectivity index (χ4v) is 3.46. The number of sulfonamides is 1. The Morgan fingerprint density at radius 3 is 2.65 bits per heavy atom. The third kappa shape index (κ3) is 3.80. The molecule has 1 saturated carbocycles. The lowest BCUT2D eigenvalue weighted by molar-refractivity contribution is 0.609. The Labute approximate surface area is 151 Å². The van der Waals surface area contributed by atoms with Crippen molar-refractivity contribution in [2.45, 2.75) is 18.9 Å². The normalized spacial score (nSPS) is 14.6. The monoisotopic (exact) mass is 367 g/mol. The first-order chi connectivity index (χ1) is 12.6. The Morgan fingerprint density at radius 1 is 1.08 bits per heavy atom. The van der Waals surface area contributed by atoms with Crippen molar-refractivity contribution in [2.24, 2.45) is 0 Å². The van der Waals surface area contributed by atoms with Gasteiger partial charge in [-0.1, -0.05) is 42.5 Å². The van der Waals surface area contributed by atoms with Crippen LogP contribution in [0, 0.1) is 0 Å². The summed E-state index contributed by atoms with van der Waals surface area (Å²) in [5.74, 6) is 0.647. The molecule has 3 aromatic rings. The van der Waals surface area contributed by atoms with Crippen LogP contribution in [0.4, 0.5) is 5.69 Å². The van der Waals surface area contributed by atoms with Gasteiger partial charge in [0.2, 0.25) is 0 Å². The maximum absolute atomic E-state index is 12.3. The van der Waals surface area contributed by atoms with Gasteiger partial charge in [-0.2, -0.15) is 0 Å². The zero-order chi connectivity index (χ0) is 18.0. The second-order valence-corrected chi connectivity index (χ2v) is 7.69. The molecule has 1 aromatic heterocycles. The molecule has 7 nitrogen and oxygen atoms in total. The van der Waals surface area contributed by atoms with Crippen molar-refractivity contribution < 1.29 is 8.42 Å². The van der Waals surface area contributed by atoms with E-state index in [0.717, 1.165) is 29.4 Å². The largest absolute Gasteiger partial charge is 0.280 e. The van der Waals surface area contributed by atoms with Crippen molar-refractivity contribution in [1.82, 2.24) is 20.2 Å². The fraction of sp³-hybridized carbons (Fsp3) is 0.167. The van der Waals surface area contributed by atoms with Crippen LogP contribution in [0.1, 0.15) is 24.4 Å². The van der Waals surface area contributed by atoms with E-state index < -0.39 is 10.0 Å². The summed E-state index contributed by atoms with van der Waals surface area (Å²) in [5.41, 5.74) is 2.05. The van der Waals surface area contributed by atoms with Crippen LogP contribution in [0.5, 0.6) is 0 Å². The van der Waals surface area contributed by atoms with Gasteiger partial charge in [-0.3, -0.25) is 4.72 Å². The zero-order valence-corrected chi connectivity index (χ0v) is 14.7. The molecule has 1 N–H and O–H groups in total. The molecule has 0 saturated heterocycles. The molecule has 1 heterocycles. The van der Waals surface area contributed by atoms with E-state index in [0.29, 0.717) is 17.6 Å². The summed E-state index contributed by atoms with van der Waals surface area (Å²) in [7, 11) is -3.62. The predicted octanol–water partition coefficient (Wildman–Crippen LogP) is 3.09. The molecule has 2 aromatic carbocycles. The second-order valence-electron chi connectivity index (χ2n) is 6.12. The lowest BCUT2D eigenvalue weighted by atomic mass is 10.2. The van der Waals surface area contributed by atoms with Crippen molar-refractivity contribution in [3.8, 4) is 11.4 Å². The van der Waals surface area contributed by atoms with Crippen LogP contribution in [0.2, 0.25) is 0 Å². The average molecular weight is 367 g/mol. The van der Waals surface area contributed by atoms with E-state index in [9.17, 15) is 8.42 Å². The van der Waals surface area contributed by atoms with Crippen molar-refractivity contribution in [3.63, 3.8) is 0 Å². The molecule has 8 heteroatoms. The molecule has 1 aliphatic rings. The van der Waals surface area contributed by atoms with E-state index in [4.69, 9.17) is 0 Å². The SMILES string of the molecule is O=S(=O)(/C=C/c1ccccc1)Nc1cccc(-c2nnnn2C2CC2)c1. The lowest BCUT2D eigenvalue weighted by Gasteiger charge is -2.07. The molecular weight excluding hydrogens is 350 g/mol. The zero-order valence-electron chi connectivity index (χ0n) is 13.9. The van der Waals surface area contributed by atoms with E-state index in [-0.39, 0.29) is 0 Å². The first-order valence-corrected chi connectivity index (χ1v) is 9.80. The summed E-state index contributed by atoms with van der Waals surface area (Å²) >= 11 is 0. The number of hydrogen-bond donors (Lipinski definition) is 1. The topological polar surface area (TPSA) is 89.8 Å². The van der Waals surface area contributed by atoms with E-state index in [1.54, 1.807) is 29.0 Å². The molecule has 0 amide bonds. The van der Waals surface area contributed by atoms with E-state index >= 15 is 0 Å². The first-order valence-electron chi connectivity index (χ1n) is 8.25. The van der Waals surface area contributed by atoms with Crippen LogP contribution in [0.15, 0.2) is 60.0 Å². The average Bonchev–Trinajstić information content (AvgIpc) is 3.37. The number of nitrogens with zero attached hydrogens (tertiary/aromatic N) is 4. The van der Waals surface area contributed by atoms with Crippen molar-refractivity contribution in [1.29, 1.82) is 0 Å². The van der Waals surface area contributed by atoms with Crippen molar-refractivity contribution in [2.75, 3.05) is 4.72 Å². The second kappa shape index (κ2) is 6.72. The standard InChI is InChI=1S/C18H17N5O2S/c24-26(25,12-11-14-5-2-1-3-6-14)20-16-8-4-7-15(13-16)18-19-21-22-23(18)17-9-10-17/h1-8,11-13,17,20H,9-10H2/b12-11+. The maximum Gasteiger partial charge on any atom is 0.255 e. The fourth-order valence-electron chi connectivity index (χ4n) is 2.60. The molecule has 1 fully saturated rings.